The lowest BCUT2D eigenvalue weighted by atomic mass is 10.3. The van der Waals surface area contributed by atoms with Crippen molar-refractivity contribution in [3.05, 3.63) is 0 Å². The van der Waals surface area contributed by atoms with Gasteiger partial charge in [0.15, 0.2) is 0 Å². The van der Waals surface area contributed by atoms with Gasteiger partial charge in [-0.3, -0.25) is 4.79 Å². The van der Waals surface area contributed by atoms with Gasteiger partial charge in [-0.2, -0.15) is 0 Å². The predicted molar refractivity (Wildman–Crippen MR) is 35.9 cm³/mol. The molecule has 76 valence electrons. The Bertz CT molecular complexity index is 198. The van der Waals surface area contributed by atoms with Crippen LogP contribution in [-0.2, 0) is 14.3 Å². The average molecular weight is 199 g/mol. The van der Waals surface area contributed by atoms with Gasteiger partial charge in [-0.05, 0) is 0 Å². The van der Waals surface area contributed by atoms with E-state index in [-0.39, 0.29) is 0 Å². The number of carbonyl (C=O) groups excluding carboxylic acids is 2. The van der Waals surface area contributed by atoms with E-state index in [4.69, 9.17) is 0 Å². The Kier molecular flexibility index (Phi) is 4.86. The lowest BCUT2D eigenvalue weighted by Gasteiger charge is -2.12. The second kappa shape index (κ2) is 5.39. The second-order valence-corrected chi connectivity index (χ2v) is 2.06. The number of carbonyl (C=O) groups is 2. The van der Waals surface area contributed by atoms with Crippen molar-refractivity contribution in [3.63, 3.8) is 0 Å². The van der Waals surface area contributed by atoms with Crippen LogP contribution < -0.4 is 5.32 Å². The highest BCUT2D eigenvalue weighted by Crippen LogP contribution is 2.01. The first kappa shape index (κ1) is 11.7. The first-order valence-corrected chi connectivity index (χ1v) is 3.25. The summed E-state index contributed by atoms with van der Waals surface area (Å²) in [6.07, 6.45) is -3.06. The van der Waals surface area contributed by atoms with Crippen LogP contribution in [0.15, 0.2) is 0 Å². The fourth-order valence-corrected chi connectivity index (χ4v) is 0.489. The van der Waals surface area contributed by atoms with E-state index in [9.17, 15) is 22.8 Å². The van der Waals surface area contributed by atoms with Crippen molar-refractivity contribution in [1.29, 1.82) is 0 Å². The van der Waals surface area contributed by atoms with Crippen molar-refractivity contribution < 1.29 is 27.5 Å². The molecule has 7 heteroatoms. The molecule has 1 amide bonds. The molecular formula is C6H8F3NO3. The summed E-state index contributed by atoms with van der Waals surface area (Å²) >= 11 is 0. The highest BCUT2D eigenvalue weighted by atomic mass is 19.3. The average Bonchev–Trinajstić information content (AvgIpc) is 2.11. The van der Waals surface area contributed by atoms with Crippen LogP contribution in [0.2, 0.25) is 0 Å². The molecule has 0 heterocycles. The van der Waals surface area contributed by atoms with Gasteiger partial charge in [-0.25, -0.2) is 18.0 Å². The molecule has 1 atom stereocenters. The molecule has 0 bridgehead atoms. The van der Waals surface area contributed by atoms with E-state index < -0.39 is 31.0 Å². The van der Waals surface area contributed by atoms with E-state index in [1.807, 2.05) is 0 Å². The van der Waals surface area contributed by atoms with Gasteiger partial charge in [-0.15, -0.1) is 0 Å². The van der Waals surface area contributed by atoms with Crippen LogP contribution in [0.4, 0.5) is 13.2 Å². The normalized spacial score (nSPS) is 12.4. The van der Waals surface area contributed by atoms with Gasteiger partial charge in [0, 0.05) is 0 Å². The molecular weight excluding hydrogens is 191 g/mol. The van der Waals surface area contributed by atoms with E-state index in [1.165, 1.54) is 5.32 Å². The number of halogens is 3. The van der Waals surface area contributed by atoms with Gasteiger partial charge in [0.1, 0.15) is 12.7 Å². The number of ether oxygens (including phenoxy) is 1. The molecule has 1 unspecified atom stereocenters. The van der Waals surface area contributed by atoms with Gasteiger partial charge in [0.25, 0.3) is 6.43 Å². The smallest absolute Gasteiger partial charge is 0.396 e. The topological polar surface area (TPSA) is 55.4 Å². The monoisotopic (exact) mass is 199 g/mol. The summed E-state index contributed by atoms with van der Waals surface area (Å²) in [4.78, 5) is 20.9. The molecule has 0 aliphatic heterocycles. The van der Waals surface area contributed by atoms with E-state index in [1.54, 1.807) is 0 Å². The molecule has 0 fully saturated rings. The molecule has 0 aromatic rings. The Morgan fingerprint density at radius 2 is 2.00 bits per heavy atom. The maximum absolute atomic E-state index is 11.8. The fraction of sp³-hybridized carbons (Fsp3) is 0.667. The number of nitrogens with one attached hydrogen (secondary N) is 1. The second-order valence-electron chi connectivity index (χ2n) is 2.06. The summed E-state index contributed by atoms with van der Waals surface area (Å²) in [5, 5.41) is 1.48. The Hall–Kier alpha value is -1.27. The van der Waals surface area contributed by atoms with Crippen LogP contribution in [-0.4, -0.2) is 38.1 Å². The molecule has 0 rings (SSSR count). The summed E-state index contributed by atoms with van der Waals surface area (Å²) in [5.41, 5.74) is 0. The zero-order valence-corrected chi connectivity index (χ0v) is 6.72. The quantitative estimate of drug-likeness (QED) is 0.509. The minimum Gasteiger partial charge on any atom is -0.462 e. The Morgan fingerprint density at radius 3 is 2.31 bits per heavy atom. The number of methoxy groups -OCH3 is 1. The van der Waals surface area contributed by atoms with Gasteiger partial charge in [0.2, 0.25) is 0 Å². The Labute approximate surface area is 72.0 Å². The number of rotatable bonds is 3. The van der Waals surface area contributed by atoms with Crippen LogP contribution in [0.1, 0.15) is 0 Å². The SMILES string of the molecule is COC(=O)C(=O)NC(CF)C(F)F. The number of hydrogen-bond donors (Lipinski definition) is 1. The summed E-state index contributed by atoms with van der Waals surface area (Å²) in [5.74, 6) is -2.72. The van der Waals surface area contributed by atoms with E-state index in [2.05, 4.69) is 4.74 Å². The first-order valence-electron chi connectivity index (χ1n) is 3.25. The number of amides is 1. The van der Waals surface area contributed by atoms with Crippen LogP contribution in [0.25, 0.3) is 0 Å². The van der Waals surface area contributed by atoms with E-state index in [0.29, 0.717) is 0 Å². The molecule has 0 aliphatic rings. The van der Waals surface area contributed by atoms with Gasteiger partial charge in [0.05, 0.1) is 7.11 Å². The van der Waals surface area contributed by atoms with E-state index >= 15 is 0 Å². The highest BCUT2D eigenvalue weighted by molar-refractivity contribution is 6.32. The minimum atomic E-state index is -3.06. The molecule has 13 heavy (non-hydrogen) atoms. The largest absolute Gasteiger partial charge is 0.462 e. The molecule has 0 saturated heterocycles. The zero-order chi connectivity index (χ0) is 10.4. The molecule has 1 N–H and O–H groups in total. The van der Waals surface area contributed by atoms with Crippen LogP contribution >= 0.6 is 0 Å². The molecule has 0 spiro atoms. The molecule has 4 nitrogen and oxygen atoms in total. The molecule has 0 aromatic carbocycles. The summed E-state index contributed by atoms with van der Waals surface area (Å²) in [6, 6.07) is -1.97. The number of hydrogen-bond acceptors (Lipinski definition) is 3. The minimum absolute atomic E-state index is 0.911. The van der Waals surface area contributed by atoms with Gasteiger partial charge < -0.3 is 10.1 Å². The van der Waals surface area contributed by atoms with Crippen molar-refractivity contribution in [1.82, 2.24) is 5.32 Å². The molecule has 0 radical (unpaired) electrons. The summed E-state index contributed by atoms with van der Waals surface area (Å²) in [7, 11) is 0.911. The van der Waals surface area contributed by atoms with Crippen molar-refractivity contribution in [3.8, 4) is 0 Å². The lowest BCUT2D eigenvalue weighted by Crippen LogP contribution is -2.45. The third-order valence-electron chi connectivity index (χ3n) is 1.16. The van der Waals surface area contributed by atoms with Crippen LogP contribution in [0, 0.1) is 0 Å². The maximum atomic E-state index is 11.8. The lowest BCUT2D eigenvalue weighted by molar-refractivity contribution is -0.153. The van der Waals surface area contributed by atoms with Crippen LogP contribution in [0.3, 0.4) is 0 Å². The maximum Gasteiger partial charge on any atom is 0.396 e. The van der Waals surface area contributed by atoms with Crippen molar-refractivity contribution in [2.45, 2.75) is 12.5 Å². The standard InChI is InChI=1S/C6H8F3NO3/c1-13-6(12)5(11)10-3(2-7)4(8)9/h3-4H,2H2,1H3,(H,10,11). The first-order chi connectivity index (χ1) is 6.02. The van der Waals surface area contributed by atoms with E-state index in [0.717, 1.165) is 7.11 Å². The molecule has 0 saturated carbocycles. The summed E-state index contributed by atoms with van der Waals surface area (Å²) in [6.45, 7) is -1.44. The predicted octanol–water partition coefficient (Wildman–Crippen LogP) is -0.121. The highest BCUT2D eigenvalue weighted by Gasteiger charge is 2.25. The van der Waals surface area contributed by atoms with Crippen molar-refractivity contribution >= 4 is 11.9 Å². The third kappa shape index (κ3) is 3.77. The number of esters is 1. The Balaban J connectivity index is 4.09. The van der Waals surface area contributed by atoms with Crippen LogP contribution in [0.5, 0.6) is 0 Å². The number of alkyl halides is 3. The zero-order valence-electron chi connectivity index (χ0n) is 6.72. The van der Waals surface area contributed by atoms with Crippen molar-refractivity contribution in [2.24, 2.45) is 0 Å². The fourth-order valence-electron chi connectivity index (χ4n) is 0.489. The van der Waals surface area contributed by atoms with Gasteiger partial charge >= 0.3 is 11.9 Å². The summed E-state index contributed by atoms with van der Waals surface area (Å²) < 4.78 is 39.3. The van der Waals surface area contributed by atoms with Gasteiger partial charge in [-0.1, -0.05) is 0 Å². The molecule has 0 aromatic heterocycles. The molecule has 0 aliphatic carbocycles. The Morgan fingerprint density at radius 1 is 1.46 bits per heavy atom. The third-order valence-corrected chi connectivity index (χ3v) is 1.16. The van der Waals surface area contributed by atoms with Crippen molar-refractivity contribution in [2.75, 3.05) is 13.8 Å².